The molecular formula is C29H36N7O10S2+. The van der Waals surface area contributed by atoms with Crippen molar-refractivity contribution in [3.8, 4) is 16.9 Å². The number of β-lactam (4-membered cyclic amide) rings is 1. The van der Waals surface area contributed by atoms with Gasteiger partial charge in [-0.15, -0.1) is 15.6 Å². The number of amides is 2. The van der Waals surface area contributed by atoms with Gasteiger partial charge in [0.25, 0.3) is 17.4 Å². The smallest absolute Gasteiger partial charge is 0.418 e. The second-order valence-corrected chi connectivity index (χ2v) is 13.5. The SMILES string of the molecule is C[n+]1cc(-c2ccc(OC[C@](C)(O/N=C(\C(=O)N[C@@H]3C(=O)N(OS(=O)(=O)O)C3(C)C)c3csc(N)n3)C(=O)O)cc2)ccc1CCCN. The number of hydroxylamine groups is 2. The first kappa shape index (κ1) is 36.2. The van der Waals surface area contributed by atoms with Crippen molar-refractivity contribution < 1.29 is 50.9 Å². The molecule has 1 saturated heterocycles. The van der Waals surface area contributed by atoms with Gasteiger partial charge in [-0.05, 0) is 57.5 Å². The average Bonchev–Trinajstić information content (AvgIpc) is 3.46. The number of nitrogens with zero attached hydrogens (tertiary/aromatic N) is 4. The van der Waals surface area contributed by atoms with Crippen molar-refractivity contribution in [3.63, 3.8) is 0 Å². The summed E-state index contributed by atoms with van der Waals surface area (Å²) in [6.07, 6.45) is 3.75. The van der Waals surface area contributed by atoms with Crippen LogP contribution in [0.2, 0.25) is 0 Å². The number of aromatic nitrogens is 2. The molecule has 48 heavy (non-hydrogen) atoms. The Kier molecular flexibility index (Phi) is 10.7. The Morgan fingerprint density at radius 1 is 1.21 bits per heavy atom. The van der Waals surface area contributed by atoms with Crippen LogP contribution in [0.3, 0.4) is 0 Å². The Labute approximate surface area is 280 Å². The predicted molar refractivity (Wildman–Crippen MR) is 172 cm³/mol. The van der Waals surface area contributed by atoms with E-state index in [2.05, 4.69) is 19.7 Å². The number of carboxylic acid groups (broad SMARTS) is 1. The Morgan fingerprint density at radius 3 is 2.42 bits per heavy atom. The molecule has 17 nitrogen and oxygen atoms in total. The topological polar surface area (TPSA) is 250 Å². The third-order valence-corrected chi connectivity index (χ3v) is 8.48. The molecule has 1 aliphatic heterocycles. The number of anilines is 1. The monoisotopic (exact) mass is 706 g/mol. The largest absolute Gasteiger partial charge is 0.489 e. The molecule has 1 aliphatic rings. The number of rotatable bonds is 15. The van der Waals surface area contributed by atoms with Gasteiger partial charge in [0.1, 0.15) is 31.1 Å². The first-order valence-corrected chi connectivity index (χ1v) is 16.6. The summed E-state index contributed by atoms with van der Waals surface area (Å²) in [5.74, 6) is -3.14. The van der Waals surface area contributed by atoms with Gasteiger partial charge >= 0.3 is 16.4 Å². The number of nitrogen functional groups attached to an aromatic ring is 1. The molecule has 1 aromatic carbocycles. The molecule has 7 N–H and O–H groups in total. The number of aryl methyl sites for hydroxylation is 2. The highest BCUT2D eigenvalue weighted by atomic mass is 32.3. The van der Waals surface area contributed by atoms with Gasteiger partial charge in [-0.3, -0.25) is 14.1 Å². The quantitative estimate of drug-likeness (QED) is 0.0478. The Hall–Kier alpha value is -4.69. The maximum atomic E-state index is 13.3. The molecule has 19 heteroatoms. The number of thiazole rings is 1. The van der Waals surface area contributed by atoms with Crippen LogP contribution >= 0.6 is 11.3 Å². The normalized spacial score (nSPS) is 17.3. The van der Waals surface area contributed by atoms with Gasteiger partial charge in [-0.1, -0.05) is 17.3 Å². The molecule has 0 spiro atoms. The fourth-order valence-electron chi connectivity index (χ4n) is 4.61. The van der Waals surface area contributed by atoms with Crippen molar-refractivity contribution in [2.45, 2.75) is 50.8 Å². The number of oxime groups is 1. The molecule has 0 radical (unpaired) electrons. The predicted octanol–water partition coefficient (Wildman–Crippen LogP) is 0.591. The summed E-state index contributed by atoms with van der Waals surface area (Å²) in [6, 6.07) is 9.70. The summed E-state index contributed by atoms with van der Waals surface area (Å²) in [5, 5.41) is 18.0. The highest BCUT2D eigenvalue weighted by Gasteiger charge is 2.58. The lowest BCUT2D eigenvalue weighted by Gasteiger charge is -2.50. The summed E-state index contributed by atoms with van der Waals surface area (Å²) in [6.45, 7) is 4.00. The minimum atomic E-state index is -5.02. The molecule has 0 saturated carbocycles. The van der Waals surface area contributed by atoms with Crippen LogP contribution in [0, 0.1) is 0 Å². The number of aliphatic carboxylic acids is 1. The minimum Gasteiger partial charge on any atom is -0.489 e. The van der Waals surface area contributed by atoms with Crippen LogP contribution < -0.4 is 26.1 Å². The second kappa shape index (κ2) is 14.2. The summed E-state index contributed by atoms with van der Waals surface area (Å²) >= 11 is 0.961. The third kappa shape index (κ3) is 8.23. The number of carboxylic acids is 1. The van der Waals surface area contributed by atoms with Crippen LogP contribution in [0.4, 0.5) is 5.13 Å². The van der Waals surface area contributed by atoms with Crippen molar-refractivity contribution in [1.82, 2.24) is 15.4 Å². The maximum absolute atomic E-state index is 13.3. The van der Waals surface area contributed by atoms with Gasteiger partial charge < -0.3 is 31.5 Å². The van der Waals surface area contributed by atoms with Gasteiger partial charge in [-0.2, -0.15) is 13.5 Å². The summed E-state index contributed by atoms with van der Waals surface area (Å²) in [4.78, 5) is 47.6. The minimum absolute atomic E-state index is 0.0577. The van der Waals surface area contributed by atoms with Gasteiger partial charge in [0.2, 0.25) is 0 Å². The molecule has 2 amide bonds. The van der Waals surface area contributed by atoms with E-state index >= 15 is 0 Å². The Bertz CT molecular complexity index is 1830. The van der Waals surface area contributed by atoms with Crippen LogP contribution in [0.1, 0.15) is 38.6 Å². The number of carbonyl (C=O) groups excluding carboxylic acids is 2. The fourth-order valence-corrected chi connectivity index (χ4v) is 5.61. The van der Waals surface area contributed by atoms with Crippen LogP contribution in [0.25, 0.3) is 11.1 Å². The van der Waals surface area contributed by atoms with Crippen molar-refractivity contribution in [3.05, 3.63) is 59.4 Å². The molecule has 0 aliphatic carbocycles. The lowest BCUT2D eigenvalue weighted by Crippen LogP contribution is -2.76. The van der Waals surface area contributed by atoms with Crippen LogP contribution in [0.5, 0.6) is 5.75 Å². The van der Waals surface area contributed by atoms with Crippen LogP contribution in [-0.2, 0) is 47.4 Å². The highest BCUT2D eigenvalue weighted by Crippen LogP contribution is 2.33. The molecule has 2 atom stereocenters. The van der Waals surface area contributed by atoms with Gasteiger partial charge in [-0.25, -0.2) is 14.3 Å². The molecule has 1 fully saturated rings. The number of carbonyl (C=O) groups is 3. The Morgan fingerprint density at radius 2 is 1.88 bits per heavy atom. The second-order valence-electron chi connectivity index (χ2n) is 11.6. The third-order valence-electron chi connectivity index (χ3n) is 7.47. The summed E-state index contributed by atoms with van der Waals surface area (Å²) in [7, 11) is -3.06. The van der Waals surface area contributed by atoms with Gasteiger partial charge in [0, 0.05) is 23.4 Å². The molecule has 0 bridgehead atoms. The van der Waals surface area contributed by atoms with E-state index in [-0.39, 0.29) is 10.8 Å². The number of pyridine rings is 1. The summed E-state index contributed by atoms with van der Waals surface area (Å²) in [5.41, 5.74) is 10.2. The van der Waals surface area contributed by atoms with E-state index in [4.69, 9.17) is 25.6 Å². The van der Waals surface area contributed by atoms with E-state index < -0.39 is 57.7 Å². The van der Waals surface area contributed by atoms with Crippen molar-refractivity contribution in [2.75, 3.05) is 18.9 Å². The first-order valence-electron chi connectivity index (χ1n) is 14.4. The Balaban J connectivity index is 1.48. The zero-order valence-electron chi connectivity index (χ0n) is 26.4. The lowest BCUT2D eigenvalue weighted by atomic mass is 9.84. The molecule has 3 aromatic rings. The average molecular weight is 707 g/mol. The van der Waals surface area contributed by atoms with Gasteiger partial charge in [0.05, 0.1) is 5.54 Å². The number of hydrogen-bond donors (Lipinski definition) is 5. The van der Waals surface area contributed by atoms with E-state index in [1.165, 1.54) is 26.2 Å². The zero-order chi connectivity index (χ0) is 35.4. The highest BCUT2D eigenvalue weighted by molar-refractivity contribution is 7.80. The molecule has 258 valence electrons. The number of nitrogens with two attached hydrogens (primary N) is 2. The standard InChI is InChI=1S/C29H35N7O10S2/c1-28(2)23(25(38)36(28)46-48(41,42)43)33-24(37)22(21-15-47-27(31)32-21)34-45-29(3,26(39)40)16-44-20-11-8-17(9-12-20)18-7-10-19(6-5-13-30)35(4)14-18/h7-12,14-15,23H,5-6,13,16,30H2,1-4H3,(H4-,31,32,33,37,39,40,41,42,43)/p+1/b34-22-/t23-,29+/m1/s1. The van der Waals surface area contributed by atoms with Gasteiger partial charge in [0.15, 0.2) is 22.7 Å². The number of hydrogen-bond acceptors (Lipinski definition) is 13. The van der Waals surface area contributed by atoms with Crippen molar-refractivity contribution in [1.29, 1.82) is 0 Å². The molecule has 3 heterocycles. The number of benzene rings is 1. The number of nitrogens with one attached hydrogen (secondary N) is 1. The van der Waals surface area contributed by atoms with E-state index in [1.54, 1.807) is 12.1 Å². The molecule has 0 unspecified atom stereocenters. The number of ether oxygens (including phenoxy) is 1. The van der Waals surface area contributed by atoms with E-state index in [0.717, 1.165) is 41.0 Å². The summed E-state index contributed by atoms with van der Waals surface area (Å²) < 4.78 is 43.3. The first-order chi connectivity index (χ1) is 22.4. The zero-order valence-corrected chi connectivity index (χ0v) is 28.1. The van der Waals surface area contributed by atoms with E-state index in [0.29, 0.717) is 17.4 Å². The van der Waals surface area contributed by atoms with Crippen LogP contribution in [0.15, 0.2) is 53.1 Å². The van der Waals surface area contributed by atoms with E-state index in [9.17, 15) is 27.9 Å². The van der Waals surface area contributed by atoms with Crippen molar-refractivity contribution in [2.24, 2.45) is 17.9 Å². The maximum Gasteiger partial charge on any atom is 0.418 e. The van der Waals surface area contributed by atoms with E-state index in [1.807, 2.05) is 42.1 Å². The fraction of sp³-hybridized carbons (Fsp3) is 0.379. The van der Waals surface area contributed by atoms with Crippen LogP contribution in [-0.4, -0.2) is 82.0 Å². The molecule has 4 rings (SSSR count). The molecular weight excluding hydrogens is 670 g/mol. The molecule has 2 aromatic heterocycles. The van der Waals surface area contributed by atoms with Crippen molar-refractivity contribution >= 4 is 50.4 Å². The lowest BCUT2D eigenvalue weighted by molar-refractivity contribution is -0.678.